The van der Waals surface area contributed by atoms with Gasteiger partial charge >= 0.3 is 5.97 Å². The minimum atomic E-state index is -1.19. The van der Waals surface area contributed by atoms with Crippen molar-refractivity contribution >= 4 is 36.3 Å². The van der Waals surface area contributed by atoms with Gasteiger partial charge in [0.25, 0.3) is 0 Å². The van der Waals surface area contributed by atoms with Gasteiger partial charge < -0.3 is 32.5 Å². The Morgan fingerprint density at radius 2 is 1.56 bits per heavy atom. The Hall–Kier alpha value is -2.63. The maximum absolute atomic E-state index is 13.1. The highest BCUT2D eigenvalue weighted by atomic mass is 32.1. The van der Waals surface area contributed by atoms with E-state index in [1.807, 2.05) is 30.3 Å². The van der Waals surface area contributed by atoms with Crippen LogP contribution in [0.15, 0.2) is 30.3 Å². The maximum atomic E-state index is 13.1. The van der Waals surface area contributed by atoms with Gasteiger partial charge in [0.05, 0.1) is 6.04 Å². The van der Waals surface area contributed by atoms with Crippen molar-refractivity contribution in [1.82, 2.24) is 16.0 Å². The Bertz CT molecular complexity index is 764. The summed E-state index contributed by atoms with van der Waals surface area (Å²) in [6, 6.07) is 5.08. The van der Waals surface area contributed by atoms with E-state index in [2.05, 4.69) is 28.6 Å². The van der Waals surface area contributed by atoms with Gasteiger partial charge in [0.15, 0.2) is 0 Å². The fourth-order valence-corrected chi connectivity index (χ4v) is 3.00. The second-order valence-corrected chi connectivity index (χ2v) is 7.82. The van der Waals surface area contributed by atoms with Crippen molar-refractivity contribution in [2.75, 3.05) is 12.3 Å². The number of hydrogen-bond acceptors (Lipinski definition) is 7. The average molecular weight is 468 g/mol. The summed E-state index contributed by atoms with van der Waals surface area (Å²) in [4.78, 5) is 49.0. The van der Waals surface area contributed by atoms with E-state index >= 15 is 0 Å². The Morgan fingerprint density at radius 3 is 2.12 bits per heavy atom. The first-order chi connectivity index (χ1) is 15.2. The third-order valence-electron chi connectivity index (χ3n) is 4.76. The summed E-state index contributed by atoms with van der Waals surface area (Å²) in [5.41, 5.74) is 12.0. The van der Waals surface area contributed by atoms with Crippen LogP contribution in [0.5, 0.6) is 0 Å². The third kappa shape index (κ3) is 9.67. The SMILES string of the molecule is CC(NC(=O)C(CCCCN)NC(=O)C(Cc1ccccc1)NC(=O)C(N)CS)C(=O)O. The van der Waals surface area contributed by atoms with E-state index in [0.717, 1.165) is 5.56 Å². The minimum Gasteiger partial charge on any atom is -0.480 e. The van der Waals surface area contributed by atoms with E-state index in [1.54, 1.807) is 0 Å². The molecule has 178 valence electrons. The molecule has 0 saturated heterocycles. The van der Waals surface area contributed by atoms with Crippen molar-refractivity contribution in [3.05, 3.63) is 35.9 Å². The van der Waals surface area contributed by atoms with E-state index < -0.39 is 47.9 Å². The predicted molar refractivity (Wildman–Crippen MR) is 124 cm³/mol. The molecule has 0 bridgehead atoms. The molecule has 0 fully saturated rings. The summed E-state index contributed by atoms with van der Waals surface area (Å²) >= 11 is 4.01. The molecule has 32 heavy (non-hydrogen) atoms. The number of carboxylic acid groups (broad SMARTS) is 1. The van der Waals surface area contributed by atoms with Gasteiger partial charge in [-0.15, -0.1) is 0 Å². The van der Waals surface area contributed by atoms with Crippen molar-refractivity contribution in [3.8, 4) is 0 Å². The van der Waals surface area contributed by atoms with E-state index in [-0.39, 0.29) is 18.6 Å². The summed E-state index contributed by atoms with van der Waals surface area (Å²) in [5.74, 6) is -2.84. The number of carbonyl (C=O) groups excluding carboxylic acids is 3. The molecule has 0 radical (unpaired) electrons. The second-order valence-electron chi connectivity index (χ2n) is 7.45. The van der Waals surface area contributed by atoms with Crippen molar-refractivity contribution in [3.63, 3.8) is 0 Å². The van der Waals surface area contributed by atoms with Gasteiger partial charge in [-0.3, -0.25) is 19.2 Å². The number of hydrogen-bond donors (Lipinski definition) is 7. The lowest BCUT2D eigenvalue weighted by Crippen LogP contribution is -2.57. The molecule has 0 aromatic heterocycles. The van der Waals surface area contributed by atoms with Crippen LogP contribution in [0, 0.1) is 0 Å². The molecule has 1 rings (SSSR count). The first-order valence-corrected chi connectivity index (χ1v) is 11.1. The topological polar surface area (TPSA) is 177 Å². The van der Waals surface area contributed by atoms with E-state index in [1.165, 1.54) is 6.92 Å². The zero-order chi connectivity index (χ0) is 24.1. The lowest BCUT2D eigenvalue weighted by Gasteiger charge is -2.24. The molecule has 0 heterocycles. The van der Waals surface area contributed by atoms with Gasteiger partial charge in [-0.05, 0) is 38.3 Å². The summed E-state index contributed by atoms with van der Waals surface area (Å²) in [7, 11) is 0. The lowest BCUT2D eigenvalue weighted by molar-refractivity contribution is -0.141. The quantitative estimate of drug-likeness (QED) is 0.138. The van der Waals surface area contributed by atoms with Crippen LogP contribution in [0.25, 0.3) is 0 Å². The highest BCUT2D eigenvalue weighted by Gasteiger charge is 2.29. The Balaban J connectivity index is 3.00. The molecule has 11 heteroatoms. The fraction of sp³-hybridized carbons (Fsp3) is 0.524. The molecule has 4 unspecified atom stereocenters. The smallest absolute Gasteiger partial charge is 0.325 e. The van der Waals surface area contributed by atoms with Gasteiger partial charge in [0.2, 0.25) is 17.7 Å². The fourth-order valence-electron chi connectivity index (χ4n) is 2.83. The molecule has 0 aliphatic carbocycles. The number of carboxylic acids is 1. The van der Waals surface area contributed by atoms with Crippen LogP contribution < -0.4 is 27.4 Å². The van der Waals surface area contributed by atoms with Crippen LogP contribution >= 0.6 is 12.6 Å². The molecule has 4 atom stereocenters. The number of thiol groups is 1. The third-order valence-corrected chi connectivity index (χ3v) is 5.15. The lowest BCUT2D eigenvalue weighted by atomic mass is 10.0. The largest absolute Gasteiger partial charge is 0.480 e. The number of amides is 3. The van der Waals surface area contributed by atoms with Crippen LogP contribution in [0.4, 0.5) is 0 Å². The first kappa shape index (κ1) is 27.4. The van der Waals surface area contributed by atoms with E-state index in [9.17, 15) is 19.2 Å². The zero-order valence-electron chi connectivity index (χ0n) is 18.1. The number of carbonyl (C=O) groups is 4. The molecule has 8 N–H and O–H groups in total. The number of aliphatic carboxylic acids is 1. The normalized spacial score (nSPS) is 14.5. The standard InChI is InChI=1S/C21H33N5O5S/c1-13(21(30)31)24-19(28)16(9-5-6-10-22)25-20(29)17(26-18(27)15(23)12-32)11-14-7-3-2-4-8-14/h2-4,7-8,13,15-17,32H,5-6,9-12,22-23H2,1H3,(H,24,28)(H,25,29)(H,26,27)(H,30,31). The van der Waals surface area contributed by atoms with Crippen LogP contribution in [0.2, 0.25) is 0 Å². The molecular weight excluding hydrogens is 434 g/mol. The van der Waals surface area contributed by atoms with E-state index in [0.29, 0.717) is 19.4 Å². The summed E-state index contributed by atoms with van der Waals surface area (Å²) < 4.78 is 0. The molecule has 0 aliphatic heterocycles. The van der Waals surface area contributed by atoms with Gasteiger partial charge in [-0.25, -0.2) is 0 Å². The molecule has 10 nitrogen and oxygen atoms in total. The summed E-state index contributed by atoms with van der Waals surface area (Å²) in [5, 5.41) is 16.7. The number of nitrogens with one attached hydrogen (secondary N) is 3. The second kappa shape index (κ2) is 14.4. The van der Waals surface area contributed by atoms with Crippen molar-refractivity contribution < 1.29 is 24.3 Å². The number of nitrogens with two attached hydrogens (primary N) is 2. The van der Waals surface area contributed by atoms with Crippen molar-refractivity contribution in [1.29, 1.82) is 0 Å². The molecule has 3 amide bonds. The first-order valence-electron chi connectivity index (χ1n) is 10.4. The monoisotopic (exact) mass is 467 g/mol. The Kier molecular flexibility index (Phi) is 12.4. The predicted octanol–water partition coefficient (Wildman–Crippen LogP) is -0.826. The Morgan fingerprint density at radius 1 is 0.969 bits per heavy atom. The molecule has 0 saturated carbocycles. The zero-order valence-corrected chi connectivity index (χ0v) is 19.0. The van der Waals surface area contributed by atoms with Gasteiger partial charge in [-0.2, -0.15) is 12.6 Å². The highest BCUT2D eigenvalue weighted by Crippen LogP contribution is 2.07. The van der Waals surface area contributed by atoms with E-state index in [4.69, 9.17) is 16.6 Å². The highest BCUT2D eigenvalue weighted by molar-refractivity contribution is 7.80. The number of unbranched alkanes of at least 4 members (excludes halogenated alkanes) is 1. The van der Waals surface area contributed by atoms with Gasteiger partial charge in [0.1, 0.15) is 18.1 Å². The Labute approximate surface area is 193 Å². The molecular formula is C21H33N5O5S. The molecule has 1 aromatic carbocycles. The summed E-state index contributed by atoms with van der Waals surface area (Å²) in [6.45, 7) is 1.75. The minimum absolute atomic E-state index is 0.0999. The maximum Gasteiger partial charge on any atom is 0.325 e. The van der Waals surface area contributed by atoms with Crippen molar-refractivity contribution in [2.45, 2.75) is 56.8 Å². The van der Waals surface area contributed by atoms with Crippen LogP contribution in [-0.4, -0.2) is 65.3 Å². The number of rotatable bonds is 14. The molecule has 1 aromatic rings. The van der Waals surface area contributed by atoms with Crippen LogP contribution in [-0.2, 0) is 25.6 Å². The van der Waals surface area contributed by atoms with Crippen LogP contribution in [0.3, 0.4) is 0 Å². The van der Waals surface area contributed by atoms with Gasteiger partial charge in [0, 0.05) is 12.2 Å². The van der Waals surface area contributed by atoms with Gasteiger partial charge in [-0.1, -0.05) is 30.3 Å². The summed E-state index contributed by atoms with van der Waals surface area (Å²) in [6.07, 6.45) is 1.63. The number of benzene rings is 1. The van der Waals surface area contributed by atoms with Crippen molar-refractivity contribution in [2.24, 2.45) is 11.5 Å². The molecule has 0 aliphatic rings. The van der Waals surface area contributed by atoms with Crippen LogP contribution in [0.1, 0.15) is 31.7 Å². The molecule has 0 spiro atoms. The average Bonchev–Trinajstić information content (AvgIpc) is 2.77.